The van der Waals surface area contributed by atoms with Gasteiger partial charge in [0.2, 0.25) is 0 Å². The minimum absolute atomic E-state index is 0.191. The molecule has 0 spiro atoms. The Bertz CT molecular complexity index is 3060. The summed E-state index contributed by atoms with van der Waals surface area (Å²) < 4.78 is 0. The summed E-state index contributed by atoms with van der Waals surface area (Å²) >= 11 is 0. The van der Waals surface area contributed by atoms with Gasteiger partial charge >= 0.3 is 0 Å². The van der Waals surface area contributed by atoms with Crippen LogP contribution in [0.1, 0.15) is 49.9 Å². The van der Waals surface area contributed by atoms with Crippen LogP contribution in [0.4, 0.5) is 17.1 Å². The molecule has 0 saturated heterocycles. The number of hydrogen-bond acceptors (Lipinski definition) is 4. The SMILES string of the molecule is CC1(C)c2cc(-c3nc(-c4ccccc4)nc(-c4ccccc4)n3)ccc2-c2ccc(N(c3ccc(-c4ccccc4)cc3)c3cccc4c3C(C)(C)c3ccccc3-4)cc21. The molecule has 11 rings (SSSR count). The molecule has 2 aliphatic rings. The molecular formula is C57H44N4. The van der Waals surface area contributed by atoms with E-state index in [9.17, 15) is 0 Å². The molecule has 292 valence electrons. The third kappa shape index (κ3) is 6.01. The summed E-state index contributed by atoms with van der Waals surface area (Å²) in [6.45, 7) is 9.44. The summed E-state index contributed by atoms with van der Waals surface area (Å²) in [5.74, 6) is 1.98. The van der Waals surface area contributed by atoms with Crippen LogP contribution >= 0.6 is 0 Å². The molecule has 0 radical (unpaired) electrons. The summed E-state index contributed by atoms with van der Waals surface area (Å²) in [5, 5.41) is 0. The summed E-state index contributed by atoms with van der Waals surface area (Å²) in [5.41, 5.74) is 18.6. The van der Waals surface area contributed by atoms with Crippen LogP contribution in [0.2, 0.25) is 0 Å². The average molecular weight is 785 g/mol. The van der Waals surface area contributed by atoms with Crippen LogP contribution in [0.3, 0.4) is 0 Å². The smallest absolute Gasteiger partial charge is 0.164 e. The maximum absolute atomic E-state index is 5.08. The fraction of sp³-hybridized carbons (Fsp3) is 0.105. The fourth-order valence-corrected chi connectivity index (χ4v) is 9.81. The molecule has 1 aromatic heterocycles. The summed E-state index contributed by atoms with van der Waals surface area (Å²) in [7, 11) is 0. The molecule has 0 unspecified atom stereocenters. The Morgan fingerprint density at radius 1 is 0.328 bits per heavy atom. The van der Waals surface area contributed by atoms with Crippen LogP contribution in [0.25, 0.3) is 67.5 Å². The van der Waals surface area contributed by atoms with Gasteiger partial charge in [-0.2, -0.15) is 0 Å². The molecule has 4 heteroatoms. The molecule has 8 aromatic carbocycles. The van der Waals surface area contributed by atoms with Gasteiger partial charge in [0.25, 0.3) is 0 Å². The zero-order valence-electron chi connectivity index (χ0n) is 34.8. The highest BCUT2D eigenvalue weighted by Gasteiger charge is 2.40. The second kappa shape index (κ2) is 14.1. The van der Waals surface area contributed by atoms with Crippen LogP contribution in [0, 0.1) is 0 Å². The molecule has 0 atom stereocenters. The lowest BCUT2D eigenvalue weighted by molar-refractivity contribution is 0.658. The van der Waals surface area contributed by atoms with E-state index in [-0.39, 0.29) is 10.8 Å². The zero-order chi connectivity index (χ0) is 41.3. The number of anilines is 3. The lowest BCUT2D eigenvalue weighted by Gasteiger charge is -2.33. The number of aromatic nitrogens is 3. The molecule has 4 nitrogen and oxygen atoms in total. The predicted molar refractivity (Wildman–Crippen MR) is 251 cm³/mol. The lowest BCUT2D eigenvalue weighted by Crippen LogP contribution is -2.21. The minimum atomic E-state index is -0.300. The molecule has 0 bridgehead atoms. The van der Waals surface area contributed by atoms with Crippen LogP contribution in [-0.2, 0) is 10.8 Å². The standard InChI is InChI=1S/C57H44N4/c1-56(2)49-35-41(55-59-53(39-19-10-6-11-20-39)58-54(60-55)40-21-12-7-13-22-40)29-33-45(49)46-34-32-43(36-50(46)56)61(42-30-27-38(28-31-42)37-17-8-5-9-18-37)51-26-16-24-47-44-23-14-15-25-48(44)57(3,4)52(47)51/h5-36H,1-4H3. The molecule has 0 N–H and O–H groups in total. The van der Waals surface area contributed by atoms with Gasteiger partial charge in [0.15, 0.2) is 17.5 Å². The molecule has 0 aliphatic heterocycles. The van der Waals surface area contributed by atoms with E-state index < -0.39 is 0 Å². The van der Waals surface area contributed by atoms with Gasteiger partial charge in [-0.15, -0.1) is 0 Å². The second-order valence-corrected chi connectivity index (χ2v) is 17.3. The van der Waals surface area contributed by atoms with Crippen molar-refractivity contribution in [1.29, 1.82) is 0 Å². The highest BCUT2D eigenvalue weighted by atomic mass is 15.1. The van der Waals surface area contributed by atoms with Crippen LogP contribution in [-0.4, -0.2) is 15.0 Å². The van der Waals surface area contributed by atoms with Crippen molar-refractivity contribution in [1.82, 2.24) is 15.0 Å². The Balaban J connectivity index is 1.04. The lowest BCUT2D eigenvalue weighted by atomic mass is 9.80. The molecule has 2 aliphatic carbocycles. The van der Waals surface area contributed by atoms with Crippen molar-refractivity contribution >= 4 is 17.1 Å². The van der Waals surface area contributed by atoms with Gasteiger partial charge < -0.3 is 4.90 Å². The van der Waals surface area contributed by atoms with Crippen molar-refractivity contribution in [3.8, 4) is 67.5 Å². The van der Waals surface area contributed by atoms with Gasteiger partial charge in [-0.05, 0) is 92.0 Å². The maximum Gasteiger partial charge on any atom is 0.164 e. The summed E-state index contributed by atoms with van der Waals surface area (Å²) in [6.07, 6.45) is 0. The van der Waals surface area contributed by atoms with Gasteiger partial charge in [-0.25, -0.2) is 15.0 Å². The number of benzene rings is 8. The van der Waals surface area contributed by atoms with E-state index in [2.05, 4.69) is 190 Å². The van der Waals surface area contributed by atoms with E-state index in [0.29, 0.717) is 17.5 Å². The molecule has 61 heavy (non-hydrogen) atoms. The van der Waals surface area contributed by atoms with Crippen molar-refractivity contribution in [2.75, 3.05) is 4.90 Å². The number of rotatable bonds is 7. The number of hydrogen-bond donors (Lipinski definition) is 0. The highest BCUT2D eigenvalue weighted by molar-refractivity contribution is 5.92. The molecule has 1 heterocycles. The first-order chi connectivity index (χ1) is 29.8. The van der Waals surface area contributed by atoms with E-state index in [1.165, 1.54) is 61.3 Å². The van der Waals surface area contributed by atoms with Gasteiger partial charge in [0.05, 0.1) is 5.69 Å². The highest BCUT2D eigenvalue weighted by Crippen LogP contribution is 2.56. The van der Waals surface area contributed by atoms with Crippen molar-refractivity contribution in [3.05, 3.63) is 216 Å². The van der Waals surface area contributed by atoms with Crippen molar-refractivity contribution in [3.63, 3.8) is 0 Å². The number of nitrogens with zero attached hydrogens (tertiary/aromatic N) is 4. The van der Waals surface area contributed by atoms with Gasteiger partial charge in [0, 0.05) is 38.9 Å². The van der Waals surface area contributed by atoms with Crippen molar-refractivity contribution in [2.24, 2.45) is 0 Å². The van der Waals surface area contributed by atoms with Gasteiger partial charge in [-0.3, -0.25) is 0 Å². The van der Waals surface area contributed by atoms with E-state index >= 15 is 0 Å². The third-order valence-corrected chi connectivity index (χ3v) is 12.9. The van der Waals surface area contributed by atoms with E-state index in [1.807, 2.05) is 36.4 Å². The average Bonchev–Trinajstić information content (AvgIpc) is 3.69. The molecular weight excluding hydrogens is 741 g/mol. The van der Waals surface area contributed by atoms with Gasteiger partial charge in [-0.1, -0.05) is 185 Å². The Labute approximate surface area is 357 Å². The predicted octanol–water partition coefficient (Wildman–Crippen LogP) is 14.6. The topological polar surface area (TPSA) is 41.9 Å². The largest absolute Gasteiger partial charge is 0.310 e. The van der Waals surface area contributed by atoms with E-state index in [4.69, 9.17) is 15.0 Å². The Hall–Kier alpha value is -7.43. The Kier molecular flexibility index (Phi) is 8.47. The first-order valence-corrected chi connectivity index (χ1v) is 21.1. The first-order valence-electron chi connectivity index (χ1n) is 21.1. The zero-order valence-corrected chi connectivity index (χ0v) is 34.8. The molecule has 0 saturated carbocycles. The Morgan fingerprint density at radius 3 is 1.43 bits per heavy atom. The van der Waals surface area contributed by atoms with Crippen LogP contribution in [0.5, 0.6) is 0 Å². The summed E-state index contributed by atoms with van der Waals surface area (Å²) in [6, 6.07) is 69.5. The maximum atomic E-state index is 5.08. The second-order valence-electron chi connectivity index (χ2n) is 17.3. The van der Waals surface area contributed by atoms with Crippen LogP contribution in [0.15, 0.2) is 194 Å². The number of fused-ring (bicyclic) bond motifs is 6. The van der Waals surface area contributed by atoms with E-state index in [0.717, 1.165) is 28.1 Å². The summed E-state index contributed by atoms with van der Waals surface area (Å²) in [4.78, 5) is 17.6. The van der Waals surface area contributed by atoms with Crippen molar-refractivity contribution in [2.45, 2.75) is 38.5 Å². The first kappa shape index (κ1) is 36.6. The normalized spacial score (nSPS) is 13.8. The molecule has 9 aromatic rings. The van der Waals surface area contributed by atoms with Crippen LogP contribution < -0.4 is 4.90 Å². The van der Waals surface area contributed by atoms with Crippen molar-refractivity contribution < 1.29 is 0 Å². The third-order valence-electron chi connectivity index (χ3n) is 12.9. The fourth-order valence-electron chi connectivity index (χ4n) is 9.81. The molecule has 0 amide bonds. The van der Waals surface area contributed by atoms with Gasteiger partial charge in [0.1, 0.15) is 0 Å². The minimum Gasteiger partial charge on any atom is -0.310 e. The quantitative estimate of drug-likeness (QED) is 0.161. The monoisotopic (exact) mass is 784 g/mol. The van der Waals surface area contributed by atoms with E-state index in [1.54, 1.807) is 0 Å². The molecule has 0 fully saturated rings. The Morgan fingerprint density at radius 2 is 0.787 bits per heavy atom.